The summed E-state index contributed by atoms with van der Waals surface area (Å²) in [7, 11) is 0. The lowest BCUT2D eigenvalue weighted by atomic mass is 10.0. The number of hydrogen-bond donors (Lipinski definition) is 0. The molecular weight excluding hydrogens is 673 g/mol. The van der Waals surface area contributed by atoms with Gasteiger partial charge in [-0.2, -0.15) is 0 Å². The zero-order valence-corrected chi connectivity index (χ0v) is 36.8. The maximum absolute atomic E-state index is 12.7. The molecule has 0 aliphatic heterocycles. The van der Waals surface area contributed by atoms with Crippen molar-refractivity contribution in [3.05, 3.63) is 0 Å². The first-order valence-corrected chi connectivity index (χ1v) is 23.7. The molecule has 0 N–H and O–H groups in total. The molecule has 0 bridgehead atoms. The van der Waals surface area contributed by atoms with Gasteiger partial charge in [-0.05, 0) is 31.1 Å². The highest BCUT2D eigenvalue weighted by Gasteiger charge is 2.19. The third kappa shape index (κ3) is 41.6. The zero-order chi connectivity index (χ0) is 39.7. The normalized spacial score (nSPS) is 12.1. The van der Waals surface area contributed by atoms with Gasteiger partial charge < -0.3 is 14.2 Å². The van der Waals surface area contributed by atoms with Crippen molar-refractivity contribution in [3.8, 4) is 0 Å². The Morgan fingerprint density at radius 2 is 0.611 bits per heavy atom. The van der Waals surface area contributed by atoms with Crippen molar-refractivity contribution >= 4 is 17.9 Å². The Labute approximate surface area is 336 Å². The number of ether oxygens (including phenoxy) is 3. The van der Waals surface area contributed by atoms with Crippen LogP contribution in [-0.2, 0) is 28.6 Å². The Morgan fingerprint density at radius 3 is 0.907 bits per heavy atom. The van der Waals surface area contributed by atoms with E-state index in [0.717, 1.165) is 69.6 Å². The molecule has 0 saturated heterocycles. The van der Waals surface area contributed by atoms with Crippen molar-refractivity contribution in [1.29, 1.82) is 0 Å². The summed E-state index contributed by atoms with van der Waals surface area (Å²) in [5, 5.41) is 0. The number of unbranched alkanes of at least 4 members (excludes halogenated alkanes) is 27. The largest absolute Gasteiger partial charge is 0.462 e. The van der Waals surface area contributed by atoms with Crippen LogP contribution in [0.25, 0.3) is 0 Å². The number of esters is 3. The van der Waals surface area contributed by atoms with E-state index in [4.69, 9.17) is 14.2 Å². The van der Waals surface area contributed by atoms with Crippen LogP contribution in [0.4, 0.5) is 0 Å². The van der Waals surface area contributed by atoms with E-state index >= 15 is 0 Å². The predicted molar refractivity (Wildman–Crippen MR) is 229 cm³/mol. The maximum Gasteiger partial charge on any atom is 0.306 e. The summed E-state index contributed by atoms with van der Waals surface area (Å²) >= 11 is 0. The SMILES string of the molecule is CCCCCCCCCCCC(=O)O[C@H](COC(=O)CCCCCCCCCCCCCCCCC(C)C)COC(=O)CCCCCCCCCC(C)C. The highest BCUT2D eigenvalue weighted by atomic mass is 16.6. The van der Waals surface area contributed by atoms with Gasteiger partial charge in [0.05, 0.1) is 0 Å². The Morgan fingerprint density at radius 1 is 0.352 bits per heavy atom. The molecule has 0 aromatic carbocycles. The van der Waals surface area contributed by atoms with E-state index in [-0.39, 0.29) is 31.1 Å². The second-order valence-corrected chi connectivity index (χ2v) is 17.3. The Balaban J connectivity index is 4.23. The molecule has 0 aromatic heterocycles. The Hall–Kier alpha value is -1.59. The maximum atomic E-state index is 12.7. The summed E-state index contributed by atoms with van der Waals surface area (Å²) in [5.74, 6) is 0.767. The van der Waals surface area contributed by atoms with Gasteiger partial charge in [0.15, 0.2) is 6.10 Å². The molecule has 0 aliphatic carbocycles. The first kappa shape index (κ1) is 52.4. The van der Waals surface area contributed by atoms with Gasteiger partial charge in [0.25, 0.3) is 0 Å². The first-order chi connectivity index (χ1) is 26.2. The molecule has 0 spiro atoms. The van der Waals surface area contributed by atoms with Crippen LogP contribution >= 0.6 is 0 Å². The minimum absolute atomic E-state index is 0.0649. The van der Waals surface area contributed by atoms with E-state index in [0.29, 0.717) is 19.3 Å². The molecular formula is C48H92O6. The fourth-order valence-corrected chi connectivity index (χ4v) is 7.11. The molecule has 0 aromatic rings. The molecule has 54 heavy (non-hydrogen) atoms. The molecule has 6 nitrogen and oxygen atoms in total. The lowest BCUT2D eigenvalue weighted by molar-refractivity contribution is -0.167. The third-order valence-corrected chi connectivity index (χ3v) is 10.7. The number of carbonyl (C=O) groups is 3. The summed E-state index contributed by atoms with van der Waals surface area (Å²) in [4.78, 5) is 37.7. The van der Waals surface area contributed by atoms with E-state index in [2.05, 4.69) is 34.6 Å². The van der Waals surface area contributed by atoms with Crippen LogP contribution in [0.2, 0.25) is 0 Å². The van der Waals surface area contributed by atoms with Crippen LogP contribution in [0.1, 0.15) is 259 Å². The van der Waals surface area contributed by atoms with Crippen molar-refractivity contribution < 1.29 is 28.6 Å². The van der Waals surface area contributed by atoms with Crippen molar-refractivity contribution in [2.45, 2.75) is 265 Å². The van der Waals surface area contributed by atoms with Gasteiger partial charge in [-0.1, -0.05) is 221 Å². The predicted octanol–water partition coefficient (Wildman–Crippen LogP) is 15.0. The first-order valence-electron chi connectivity index (χ1n) is 23.7. The van der Waals surface area contributed by atoms with E-state index < -0.39 is 6.10 Å². The van der Waals surface area contributed by atoms with Crippen molar-refractivity contribution in [1.82, 2.24) is 0 Å². The van der Waals surface area contributed by atoms with Crippen molar-refractivity contribution in [3.63, 3.8) is 0 Å². The summed E-state index contributed by atoms with van der Waals surface area (Å²) < 4.78 is 16.7. The summed E-state index contributed by atoms with van der Waals surface area (Å²) in [6.07, 6.45) is 39.6. The topological polar surface area (TPSA) is 78.9 Å². The Bertz CT molecular complexity index is 824. The average molecular weight is 765 g/mol. The molecule has 0 fully saturated rings. The highest BCUT2D eigenvalue weighted by Crippen LogP contribution is 2.17. The van der Waals surface area contributed by atoms with Crippen LogP contribution < -0.4 is 0 Å². The lowest BCUT2D eigenvalue weighted by Crippen LogP contribution is -2.30. The molecule has 0 radical (unpaired) electrons. The van der Waals surface area contributed by atoms with Gasteiger partial charge in [0.2, 0.25) is 0 Å². The fourth-order valence-electron chi connectivity index (χ4n) is 7.11. The van der Waals surface area contributed by atoms with E-state index in [9.17, 15) is 14.4 Å². The summed E-state index contributed by atoms with van der Waals surface area (Å²) in [6.45, 7) is 11.3. The highest BCUT2D eigenvalue weighted by molar-refractivity contribution is 5.71. The molecule has 320 valence electrons. The monoisotopic (exact) mass is 765 g/mol. The second-order valence-electron chi connectivity index (χ2n) is 17.3. The van der Waals surface area contributed by atoms with Gasteiger partial charge in [-0.3, -0.25) is 14.4 Å². The van der Waals surface area contributed by atoms with Crippen LogP contribution in [0.3, 0.4) is 0 Å². The van der Waals surface area contributed by atoms with Crippen LogP contribution in [0.5, 0.6) is 0 Å². The van der Waals surface area contributed by atoms with E-state index in [1.807, 2.05) is 0 Å². The van der Waals surface area contributed by atoms with Crippen LogP contribution in [-0.4, -0.2) is 37.2 Å². The van der Waals surface area contributed by atoms with Crippen LogP contribution in [0, 0.1) is 11.8 Å². The third-order valence-electron chi connectivity index (χ3n) is 10.7. The lowest BCUT2D eigenvalue weighted by Gasteiger charge is -2.18. The molecule has 0 saturated carbocycles. The quantitative estimate of drug-likeness (QED) is 0.0350. The van der Waals surface area contributed by atoms with Gasteiger partial charge in [-0.25, -0.2) is 0 Å². The molecule has 6 heteroatoms. The van der Waals surface area contributed by atoms with Crippen molar-refractivity contribution in [2.24, 2.45) is 11.8 Å². The fraction of sp³-hybridized carbons (Fsp3) is 0.938. The van der Waals surface area contributed by atoms with E-state index in [1.54, 1.807) is 0 Å². The minimum Gasteiger partial charge on any atom is -0.462 e. The number of rotatable bonds is 42. The van der Waals surface area contributed by atoms with E-state index in [1.165, 1.54) is 148 Å². The molecule has 0 amide bonds. The molecule has 0 heterocycles. The summed E-state index contributed by atoms with van der Waals surface area (Å²) in [6, 6.07) is 0. The second kappa shape index (κ2) is 41.1. The standard InChI is InChI=1S/C48H92O6/c1-6-7-8-9-10-17-24-30-35-40-48(51)54-45(42-53-47(50)39-34-29-25-20-22-27-32-37-44(4)5)41-52-46(49)38-33-28-23-19-16-14-12-11-13-15-18-21-26-31-36-43(2)3/h43-45H,6-42H2,1-5H3/t45-/m1/s1. The molecule has 1 atom stereocenters. The smallest absolute Gasteiger partial charge is 0.306 e. The minimum atomic E-state index is -0.760. The van der Waals surface area contributed by atoms with Gasteiger partial charge in [0, 0.05) is 19.3 Å². The number of hydrogen-bond acceptors (Lipinski definition) is 6. The summed E-state index contributed by atoms with van der Waals surface area (Å²) in [5.41, 5.74) is 0. The van der Waals surface area contributed by atoms with Gasteiger partial charge in [-0.15, -0.1) is 0 Å². The van der Waals surface area contributed by atoms with Crippen LogP contribution in [0.15, 0.2) is 0 Å². The van der Waals surface area contributed by atoms with Gasteiger partial charge >= 0.3 is 17.9 Å². The zero-order valence-electron chi connectivity index (χ0n) is 36.8. The molecule has 0 rings (SSSR count). The molecule has 0 unspecified atom stereocenters. The number of carbonyl (C=O) groups excluding carboxylic acids is 3. The van der Waals surface area contributed by atoms with Gasteiger partial charge in [0.1, 0.15) is 13.2 Å². The Kier molecular flexibility index (Phi) is 39.8. The molecule has 0 aliphatic rings. The van der Waals surface area contributed by atoms with Crippen molar-refractivity contribution in [2.75, 3.05) is 13.2 Å². The average Bonchev–Trinajstić information content (AvgIpc) is 3.14.